The third-order valence-corrected chi connectivity index (χ3v) is 4.95. The lowest BCUT2D eigenvalue weighted by molar-refractivity contribution is -0.145. The molecule has 0 aromatic heterocycles. The summed E-state index contributed by atoms with van der Waals surface area (Å²) in [6, 6.07) is 6.47. The number of carbonyl (C=O) groups is 4. The number of carbonyl (C=O) groups excluding carboxylic acids is 4. The van der Waals surface area contributed by atoms with Gasteiger partial charge in [-0.05, 0) is 38.2 Å². The lowest BCUT2D eigenvalue weighted by Gasteiger charge is -2.29. The number of benzene rings is 1. The van der Waals surface area contributed by atoms with Crippen LogP contribution in [-0.2, 0) is 30.3 Å². The van der Waals surface area contributed by atoms with Crippen LogP contribution in [0.4, 0.5) is 4.79 Å². The first-order valence-corrected chi connectivity index (χ1v) is 11.5. The van der Waals surface area contributed by atoms with Gasteiger partial charge in [-0.3, -0.25) is 9.59 Å². The highest BCUT2D eigenvalue weighted by Gasteiger charge is 2.33. The van der Waals surface area contributed by atoms with Crippen molar-refractivity contribution in [1.29, 1.82) is 0 Å². The number of rotatable bonds is 10. The largest absolute Gasteiger partial charge is 0.467 e. The van der Waals surface area contributed by atoms with Crippen molar-refractivity contribution in [3.8, 4) is 0 Å². The third-order valence-electron chi connectivity index (χ3n) is 4.95. The molecule has 0 aliphatic carbocycles. The molecule has 0 radical (unpaired) electrons. The van der Waals surface area contributed by atoms with Crippen LogP contribution in [0.1, 0.15) is 54.0 Å². The lowest BCUT2D eigenvalue weighted by Crippen LogP contribution is -2.59. The Morgan fingerprint density at radius 2 is 1.32 bits per heavy atom. The number of methoxy groups -OCH3 is 1. The highest BCUT2D eigenvalue weighted by atomic mass is 16.6. The van der Waals surface area contributed by atoms with Crippen molar-refractivity contribution >= 4 is 23.9 Å². The summed E-state index contributed by atoms with van der Waals surface area (Å²) >= 11 is 0. The minimum atomic E-state index is -0.933. The van der Waals surface area contributed by atoms with Crippen LogP contribution in [0.2, 0.25) is 0 Å². The standard InChI is InChI=1S/C25H39N3O6/c1-15(2)19(27-22(30)20(16(3)4)28-24(32)34-25(5,6)7)21(29)26-18(23(31)33-8)14-17-12-10-9-11-13-17/h9-13,15-16,18-20H,14H2,1-8H3,(H,26,29)(H,27,30)(H,28,32)/t18-,19-,20+/m0/s1. The highest BCUT2D eigenvalue weighted by Crippen LogP contribution is 2.11. The van der Waals surface area contributed by atoms with Crippen LogP contribution in [0.25, 0.3) is 0 Å². The number of nitrogens with one attached hydrogen (secondary N) is 3. The van der Waals surface area contributed by atoms with Crippen molar-refractivity contribution in [3.63, 3.8) is 0 Å². The fourth-order valence-electron chi connectivity index (χ4n) is 3.19. The number of hydrogen-bond donors (Lipinski definition) is 3. The minimum Gasteiger partial charge on any atom is -0.467 e. The quantitative estimate of drug-likeness (QED) is 0.445. The second-order valence-corrected chi connectivity index (χ2v) is 9.87. The van der Waals surface area contributed by atoms with Gasteiger partial charge >= 0.3 is 12.1 Å². The Hall–Kier alpha value is -3.10. The topological polar surface area (TPSA) is 123 Å². The Balaban J connectivity index is 2.96. The van der Waals surface area contributed by atoms with Crippen LogP contribution >= 0.6 is 0 Å². The van der Waals surface area contributed by atoms with Gasteiger partial charge in [-0.15, -0.1) is 0 Å². The molecule has 0 heterocycles. The number of ether oxygens (including phenoxy) is 2. The first-order valence-electron chi connectivity index (χ1n) is 11.5. The second kappa shape index (κ2) is 13.0. The van der Waals surface area contributed by atoms with E-state index in [1.54, 1.807) is 48.5 Å². The SMILES string of the molecule is COC(=O)[C@H](Cc1ccccc1)NC(=O)[C@@H](NC(=O)[C@H](NC(=O)OC(C)(C)C)C(C)C)C(C)C. The molecular formula is C25H39N3O6. The molecule has 3 atom stereocenters. The van der Waals surface area contributed by atoms with Crippen molar-refractivity contribution in [2.75, 3.05) is 7.11 Å². The summed E-state index contributed by atoms with van der Waals surface area (Å²) in [6.07, 6.45) is -0.479. The molecule has 190 valence electrons. The predicted molar refractivity (Wildman–Crippen MR) is 129 cm³/mol. The third kappa shape index (κ3) is 9.80. The van der Waals surface area contributed by atoms with Crippen LogP contribution in [0.3, 0.4) is 0 Å². The van der Waals surface area contributed by atoms with E-state index in [0.29, 0.717) is 0 Å². The van der Waals surface area contributed by atoms with Crippen LogP contribution in [0.5, 0.6) is 0 Å². The number of esters is 1. The van der Waals surface area contributed by atoms with E-state index in [9.17, 15) is 19.2 Å². The molecule has 0 aliphatic heterocycles. The van der Waals surface area contributed by atoms with Gasteiger partial charge < -0.3 is 25.4 Å². The van der Waals surface area contributed by atoms with E-state index in [-0.39, 0.29) is 18.3 Å². The first kappa shape index (κ1) is 28.9. The summed E-state index contributed by atoms with van der Waals surface area (Å²) in [5, 5.41) is 8.00. The number of alkyl carbamates (subject to hydrolysis) is 1. The molecule has 9 nitrogen and oxygen atoms in total. The summed E-state index contributed by atoms with van der Waals surface area (Å²) < 4.78 is 10.1. The van der Waals surface area contributed by atoms with Crippen LogP contribution < -0.4 is 16.0 Å². The van der Waals surface area contributed by atoms with Gasteiger partial charge in [0, 0.05) is 6.42 Å². The van der Waals surface area contributed by atoms with Gasteiger partial charge in [-0.25, -0.2) is 9.59 Å². The van der Waals surface area contributed by atoms with Crippen LogP contribution in [0.15, 0.2) is 30.3 Å². The van der Waals surface area contributed by atoms with Gasteiger partial charge in [-0.1, -0.05) is 58.0 Å². The molecule has 0 saturated carbocycles. The number of hydrogen-bond acceptors (Lipinski definition) is 6. The van der Waals surface area contributed by atoms with Crippen LogP contribution in [0, 0.1) is 11.8 Å². The molecular weight excluding hydrogens is 438 g/mol. The summed E-state index contributed by atoms with van der Waals surface area (Å²) in [7, 11) is 1.25. The van der Waals surface area contributed by atoms with Gasteiger partial charge in [0.25, 0.3) is 0 Å². The smallest absolute Gasteiger partial charge is 0.408 e. The fraction of sp³-hybridized carbons (Fsp3) is 0.600. The molecule has 0 unspecified atom stereocenters. The van der Waals surface area contributed by atoms with Crippen molar-refractivity contribution in [3.05, 3.63) is 35.9 Å². The molecule has 1 aromatic rings. The molecule has 3 amide bonds. The zero-order valence-electron chi connectivity index (χ0n) is 21.4. The monoisotopic (exact) mass is 477 g/mol. The lowest BCUT2D eigenvalue weighted by atomic mass is 9.99. The van der Waals surface area contributed by atoms with Gasteiger partial charge in [0.2, 0.25) is 11.8 Å². The molecule has 34 heavy (non-hydrogen) atoms. The Morgan fingerprint density at radius 1 is 0.824 bits per heavy atom. The first-order chi connectivity index (χ1) is 15.7. The molecule has 9 heteroatoms. The predicted octanol–water partition coefficient (Wildman–Crippen LogP) is 2.58. The van der Waals surface area contributed by atoms with Crippen LogP contribution in [-0.4, -0.2) is 54.7 Å². The zero-order valence-corrected chi connectivity index (χ0v) is 21.4. The van der Waals surface area contributed by atoms with E-state index < -0.39 is 47.6 Å². The molecule has 0 saturated heterocycles. The van der Waals surface area contributed by atoms with Gasteiger partial charge in [-0.2, -0.15) is 0 Å². The average molecular weight is 478 g/mol. The Kier molecular flexibility index (Phi) is 11.0. The van der Waals surface area contributed by atoms with Gasteiger partial charge in [0.05, 0.1) is 7.11 Å². The average Bonchev–Trinajstić information content (AvgIpc) is 2.73. The minimum absolute atomic E-state index is 0.243. The molecule has 3 N–H and O–H groups in total. The Morgan fingerprint density at radius 3 is 1.79 bits per heavy atom. The Bertz CT molecular complexity index is 833. The summed E-state index contributed by atoms with van der Waals surface area (Å²) in [5.41, 5.74) is 0.133. The Labute approximate surface area is 202 Å². The zero-order chi connectivity index (χ0) is 26.1. The highest BCUT2D eigenvalue weighted by molar-refractivity contribution is 5.93. The van der Waals surface area contributed by atoms with E-state index in [2.05, 4.69) is 16.0 Å². The second-order valence-electron chi connectivity index (χ2n) is 9.87. The van der Waals surface area contributed by atoms with Crippen molar-refractivity contribution in [2.45, 2.75) is 78.6 Å². The fourth-order valence-corrected chi connectivity index (χ4v) is 3.19. The molecule has 0 spiro atoms. The van der Waals surface area contributed by atoms with Crippen molar-refractivity contribution < 1.29 is 28.7 Å². The van der Waals surface area contributed by atoms with E-state index in [0.717, 1.165) is 5.56 Å². The molecule has 0 bridgehead atoms. The summed E-state index contributed by atoms with van der Waals surface area (Å²) in [6.45, 7) is 12.3. The van der Waals surface area contributed by atoms with Crippen molar-refractivity contribution in [2.24, 2.45) is 11.8 Å². The molecule has 1 aromatic carbocycles. The van der Waals surface area contributed by atoms with E-state index in [4.69, 9.17) is 9.47 Å². The summed E-state index contributed by atoms with van der Waals surface area (Å²) in [4.78, 5) is 50.6. The normalized spacial score (nSPS) is 14.1. The molecule has 1 rings (SSSR count). The summed E-state index contributed by atoms with van der Waals surface area (Å²) in [5.74, 6) is -2.17. The maximum absolute atomic E-state index is 13.1. The van der Waals surface area contributed by atoms with E-state index in [1.807, 2.05) is 30.3 Å². The van der Waals surface area contributed by atoms with E-state index in [1.165, 1.54) is 7.11 Å². The maximum Gasteiger partial charge on any atom is 0.408 e. The van der Waals surface area contributed by atoms with Gasteiger partial charge in [0.1, 0.15) is 23.7 Å². The maximum atomic E-state index is 13.1. The number of amides is 3. The van der Waals surface area contributed by atoms with E-state index >= 15 is 0 Å². The van der Waals surface area contributed by atoms with Gasteiger partial charge in [0.15, 0.2) is 0 Å². The van der Waals surface area contributed by atoms with Crippen molar-refractivity contribution in [1.82, 2.24) is 16.0 Å². The molecule has 0 fully saturated rings. The molecule has 0 aliphatic rings.